The van der Waals surface area contributed by atoms with Crippen LogP contribution in [0.25, 0.3) is 0 Å². The van der Waals surface area contributed by atoms with E-state index in [0.717, 1.165) is 16.1 Å². The second-order valence-corrected chi connectivity index (χ2v) is 8.66. The smallest absolute Gasteiger partial charge is 0.260 e. The minimum Gasteiger partial charge on any atom is -0.497 e. The number of sulfonamides is 1. The van der Waals surface area contributed by atoms with Gasteiger partial charge in [0.05, 0.1) is 25.3 Å². The Kier molecular flexibility index (Phi) is 7.45. The topological polar surface area (TPSA) is 97.3 Å². The van der Waals surface area contributed by atoms with E-state index >= 15 is 0 Å². The normalized spacial score (nSPS) is 11.2. The van der Waals surface area contributed by atoms with Crippen LogP contribution in [0.1, 0.15) is 5.56 Å². The van der Waals surface area contributed by atoms with E-state index in [1.807, 2.05) is 30.3 Å². The quantitative estimate of drug-likeness (QED) is 0.396. The van der Waals surface area contributed by atoms with Gasteiger partial charge in [-0.25, -0.2) is 13.8 Å². The lowest BCUT2D eigenvalue weighted by Gasteiger charge is -2.21. The largest absolute Gasteiger partial charge is 0.497 e. The molecule has 0 radical (unpaired) electrons. The van der Waals surface area contributed by atoms with Crippen molar-refractivity contribution in [1.82, 2.24) is 5.43 Å². The van der Waals surface area contributed by atoms with Gasteiger partial charge in [0.2, 0.25) is 10.0 Å². The van der Waals surface area contributed by atoms with Crippen molar-refractivity contribution in [2.75, 3.05) is 24.2 Å². The molecule has 9 heteroatoms. The Balaban J connectivity index is 1.66. The Morgan fingerprint density at radius 3 is 2.28 bits per heavy atom. The summed E-state index contributed by atoms with van der Waals surface area (Å²) in [6.07, 6.45) is 2.48. The molecule has 3 aromatic rings. The van der Waals surface area contributed by atoms with Crippen LogP contribution >= 0.6 is 0 Å². The van der Waals surface area contributed by atoms with Crippen LogP contribution in [0, 0.1) is 0 Å². The number of methoxy groups -OCH3 is 1. The van der Waals surface area contributed by atoms with E-state index in [9.17, 15) is 13.2 Å². The summed E-state index contributed by atoms with van der Waals surface area (Å²) in [4.78, 5) is 12.3. The molecule has 0 aliphatic rings. The standard InChI is InChI=1S/C23H23N3O5S/c1-30-22-10-6-7-18(15-22)16-24-25-23(27)17-26(32(2,28)29)19-11-13-21(14-12-19)31-20-8-4-3-5-9-20/h3-16H,17H2,1-2H3,(H,25,27)/b24-16+. The fraction of sp³-hybridized carbons (Fsp3) is 0.130. The molecule has 0 spiro atoms. The molecule has 0 atom stereocenters. The Bertz CT molecular complexity index is 1180. The van der Waals surface area contributed by atoms with Crippen LogP contribution in [0.3, 0.4) is 0 Å². The van der Waals surface area contributed by atoms with Crippen molar-refractivity contribution in [3.63, 3.8) is 0 Å². The zero-order chi connectivity index (χ0) is 23.0. The number of nitrogens with one attached hydrogen (secondary N) is 1. The van der Waals surface area contributed by atoms with Crippen molar-refractivity contribution in [3.8, 4) is 17.2 Å². The van der Waals surface area contributed by atoms with Gasteiger partial charge in [-0.3, -0.25) is 9.10 Å². The molecule has 0 unspecified atom stereocenters. The highest BCUT2D eigenvalue weighted by Gasteiger charge is 2.20. The average Bonchev–Trinajstić information content (AvgIpc) is 2.78. The zero-order valence-corrected chi connectivity index (χ0v) is 18.5. The monoisotopic (exact) mass is 453 g/mol. The molecule has 32 heavy (non-hydrogen) atoms. The van der Waals surface area contributed by atoms with E-state index in [4.69, 9.17) is 9.47 Å². The summed E-state index contributed by atoms with van der Waals surface area (Å²) in [5.74, 6) is 1.27. The van der Waals surface area contributed by atoms with Crippen LogP contribution in [0.5, 0.6) is 17.2 Å². The second-order valence-electron chi connectivity index (χ2n) is 6.75. The predicted octanol–water partition coefficient (Wildman–Crippen LogP) is 3.40. The molecule has 0 aliphatic carbocycles. The average molecular weight is 454 g/mol. The summed E-state index contributed by atoms with van der Waals surface area (Å²) in [7, 11) is -2.15. The SMILES string of the molecule is COc1cccc(/C=N/NC(=O)CN(c2ccc(Oc3ccccc3)cc2)S(C)(=O)=O)c1. The number of hydrogen-bond donors (Lipinski definition) is 1. The van der Waals surface area contributed by atoms with E-state index < -0.39 is 22.5 Å². The molecule has 8 nitrogen and oxygen atoms in total. The van der Waals surface area contributed by atoms with Gasteiger partial charge in [0.25, 0.3) is 5.91 Å². The van der Waals surface area contributed by atoms with Crippen molar-refractivity contribution < 1.29 is 22.7 Å². The maximum atomic E-state index is 12.3. The van der Waals surface area contributed by atoms with Gasteiger partial charge in [0.15, 0.2) is 0 Å². The van der Waals surface area contributed by atoms with Gasteiger partial charge >= 0.3 is 0 Å². The zero-order valence-electron chi connectivity index (χ0n) is 17.6. The molecule has 0 bridgehead atoms. The molecule has 0 saturated carbocycles. The number of hydrogen-bond acceptors (Lipinski definition) is 6. The number of amides is 1. The summed E-state index contributed by atoms with van der Waals surface area (Å²) >= 11 is 0. The Morgan fingerprint density at radius 1 is 0.969 bits per heavy atom. The first-order chi connectivity index (χ1) is 15.3. The fourth-order valence-electron chi connectivity index (χ4n) is 2.77. The number of anilines is 1. The molecule has 1 N–H and O–H groups in total. The van der Waals surface area contributed by atoms with Crippen LogP contribution in [-0.2, 0) is 14.8 Å². The summed E-state index contributed by atoms with van der Waals surface area (Å²) in [6, 6.07) is 22.8. The number of carbonyl (C=O) groups is 1. The number of rotatable bonds is 9. The molecule has 0 saturated heterocycles. The van der Waals surface area contributed by atoms with Crippen LogP contribution < -0.4 is 19.2 Å². The highest BCUT2D eigenvalue weighted by Crippen LogP contribution is 2.25. The van der Waals surface area contributed by atoms with Crippen molar-refractivity contribution in [2.24, 2.45) is 5.10 Å². The minimum absolute atomic E-state index is 0.333. The van der Waals surface area contributed by atoms with Gasteiger partial charge in [0, 0.05) is 0 Å². The first kappa shape index (κ1) is 22.8. The second kappa shape index (κ2) is 10.5. The lowest BCUT2D eigenvalue weighted by molar-refractivity contribution is -0.119. The van der Waals surface area contributed by atoms with Crippen molar-refractivity contribution in [3.05, 3.63) is 84.4 Å². The number of ether oxygens (including phenoxy) is 2. The molecule has 0 heterocycles. The minimum atomic E-state index is -3.71. The van der Waals surface area contributed by atoms with Gasteiger partial charge in [0.1, 0.15) is 23.8 Å². The molecule has 0 aromatic heterocycles. The van der Waals surface area contributed by atoms with E-state index in [2.05, 4.69) is 10.5 Å². The van der Waals surface area contributed by atoms with E-state index in [0.29, 0.717) is 22.9 Å². The number of carbonyl (C=O) groups excluding carboxylic acids is 1. The fourth-order valence-corrected chi connectivity index (χ4v) is 3.63. The molecule has 166 valence electrons. The van der Waals surface area contributed by atoms with E-state index in [1.165, 1.54) is 6.21 Å². The van der Waals surface area contributed by atoms with Crippen LogP contribution in [0.4, 0.5) is 5.69 Å². The molecule has 0 fully saturated rings. The van der Waals surface area contributed by atoms with Gasteiger partial charge in [-0.1, -0.05) is 30.3 Å². The van der Waals surface area contributed by atoms with Crippen LogP contribution in [0.15, 0.2) is 84.0 Å². The predicted molar refractivity (Wildman–Crippen MR) is 124 cm³/mol. The number of nitrogens with zero attached hydrogens (tertiary/aromatic N) is 2. The molecule has 0 aliphatic heterocycles. The summed E-state index contributed by atoms with van der Waals surface area (Å²) in [5.41, 5.74) is 3.40. The summed E-state index contributed by atoms with van der Waals surface area (Å²) in [5, 5.41) is 3.89. The van der Waals surface area contributed by atoms with Gasteiger partial charge in [-0.05, 0) is 54.1 Å². The van der Waals surface area contributed by atoms with Crippen molar-refractivity contribution in [2.45, 2.75) is 0 Å². The maximum absolute atomic E-state index is 12.3. The Morgan fingerprint density at radius 2 is 1.62 bits per heavy atom. The first-order valence-corrected chi connectivity index (χ1v) is 11.5. The van der Waals surface area contributed by atoms with E-state index in [-0.39, 0.29) is 0 Å². The summed E-state index contributed by atoms with van der Waals surface area (Å²) in [6.45, 7) is -0.423. The molecular weight excluding hydrogens is 430 g/mol. The summed E-state index contributed by atoms with van der Waals surface area (Å²) < 4.78 is 36.4. The first-order valence-electron chi connectivity index (χ1n) is 9.62. The maximum Gasteiger partial charge on any atom is 0.260 e. The highest BCUT2D eigenvalue weighted by molar-refractivity contribution is 7.92. The number of hydrazone groups is 1. The Hall–Kier alpha value is -3.85. The number of benzene rings is 3. The van der Waals surface area contributed by atoms with Gasteiger partial charge in [-0.2, -0.15) is 5.10 Å². The van der Waals surface area contributed by atoms with Crippen LogP contribution in [0.2, 0.25) is 0 Å². The third-order valence-corrected chi connectivity index (χ3v) is 5.43. The molecule has 3 aromatic carbocycles. The van der Waals surface area contributed by atoms with E-state index in [1.54, 1.807) is 55.6 Å². The van der Waals surface area contributed by atoms with Crippen molar-refractivity contribution in [1.29, 1.82) is 0 Å². The molecule has 3 rings (SSSR count). The third-order valence-electron chi connectivity index (χ3n) is 4.29. The van der Waals surface area contributed by atoms with Crippen LogP contribution in [-0.4, -0.2) is 40.4 Å². The Labute approximate surface area is 187 Å². The highest BCUT2D eigenvalue weighted by atomic mass is 32.2. The molecular formula is C23H23N3O5S. The van der Waals surface area contributed by atoms with Gasteiger partial charge in [-0.15, -0.1) is 0 Å². The lowest BCUT2D eigenvalue weighted by Crippen LogP contribution is -2.38. The molecule has 1 amide bonds. The lowest BCUT2D eigenvalue weighted by atomic mass is 10.2. The van der Waals surface area contributed by atoms with Crippen molar-refractivity contribution >= 4 is 27.8 Å². The third kappa shape index (κ3) is 6.58. The number of para-hydroxylation sites is 1. The van der Waals surface area contributed by atoms with Gasteiger partial charge < -0.3 is 9.47 Å².